The second kappa shape index (κ2) is 3.67. The second-order valence-electron chi connectivity index (χ2n) is 5.54. The Morgan fingerprint density at radius 1 is 1.39 bits per heavy atom. The van der Waals surface area contributed by atoms with E-state index in [4.69, 9.17) is 0 Å². The minimum absolute atomic E-state index is 0.137. The lowest BCUT2D eigenvalue weighted by Crippen LogP contribution is -2.43. The number of hydrogen-bond donors (Lipinski definition) is 0. The highest BCUT2D eigenvalue weighted by Gasteiger charge is 2.34. The summed E-state index contributed by atoms with van der Waals surface area (Å²) in [6, 6.07) is 0. The zero-order valence-corrected chi connectivity index (χ0v) is 11.4. The van der Waals surface area contributed by atoms with Gasteiger partial charge in [0.05, 0.1) is 0 Å². The molecule has 0 fully saturated rings. The Balaban J connectivity index is 2.26. The van der Waals surface area contributed by atoms with Crippen molar-refractivity contribution < 1.29 is 0 Å². The Kier molecular flexibility index (Phi) is 2.33. The zero-order valence-electron chi connectivity index (χ0n) is 11.4. The summed E-state index contributed by atoms with van der Waals surface area (Å²) >= 11 is 0. The first-order valence-electron chi connectivity index (χ1n) is 6.51. The molecular formula is C13H19N5. The molecule has 0 N–H and O–H groups in total. The molecule has 0 unspecified atom stereocenters. The minimum atomic E-state index is 0.137. The minimum Gasteiger partial charge on any atom is -0.351 e. The van der Waals surface area contributed by atoms with Crippen LogP contribution in [0.5, 0.6) is 0 Å². The molecule has 0 saturated carbocycles. The van der Waals surface area contributed by atoms with E-state index < -0.39 is 0 Å². The Bertz CT molecular complexity index is 599. The molecule has 18 heavy (non-hydrogen) atoms. The van der Waals surface area contributed by atoms with Crippen molar-refractivity contribution in [1.29, 1.82) is 0 Å². The summed E-state index contributed by atoms with van der Waals surface area (Å²) in [5.74, 6) is 1.88. The van der Waals surface area contributed by atoms with Crippen molar-refractivity contribution in [2.75, 3.05) is 11.4 Å². The van der Waals surface area contributed by atoms with Crippen molar-refractivity contribution in [3.8, 4) is 0 Å². The summed E-state index contributed by atoms with van der Waals surface area (Å²) in [7, 11) is 0. The Morgan fingerprint density at radius 2 is 2.17 bits per heavy atom. The van der Waals surface area contributed by atoms with E-state index in [9.17, 15) is 0 Å². The summed E-state index contributed by atoms with van der Waals surface area (Å²) < 4.78 is 1.88. The van der Waals surface area contributed by atoms with Crippen molar-refractivity contribution >= 4 is 11.6 Å². The molecule has 3 rings (SSSR count). The van der Waals surface area contributed by atoms with Gasteiger partial charge in [-0.1, -0.05) is 6.92 Å². The van der Waals surface area contributed by atoms with E-state index >= 15 is 0 Å². The predicted molar refractivity (Wildman–Crippen MR) is 70.9 cm³/mol. The van der Waals surface area contributed by atoms with Gasteiger partial charge < -0.3 is 4.90 Å². The number of aryl methyl sites for hydroxylation is 1. The predicted octanol–water partition coefficient (Wildman–Crippen LogP) is 1.98. The van der Waals surface area contributed by atoms with Crippen LogP contribution in [0.2, 0.25) is 0 Å². The lowest BCUT2D eigenvalue weighted by Gasteiger charge is -2.36. The molecule has 0 aliphatic carbocycles. The summed E-state index contributed by atoms with van der Waals surface area (Å²) in [6.07, 6.45) is 3.73. The second-order valence-corrected chi connectivity index (χ2v) is 5.54. The molecule has 96 valence electrons. The van der Waals surface area contributed by atoms with Crippen LogP contribution in [0.25, 0.3) is 5.78 Å². The molecule has 0 amide bonds. The molecular weight excluding hydrogens is 226 g/mol. The molecule has 1 aliphatic heterocycles. The zero-order chi connectivity index (χ0) is 12.9. The van der Waals surface area contributed by atoms with Crippen LogP contribution in [0.1, 0.15) is 38.4 Å². The number of fused-ring (bicyclic) bond motifs is 3. The van der Waals surface area contributed by atoms with Gasteiger partial charge in [-0.2, -0.15) is 14.6 Å². The van der Waals surface area contributed by atoms with Gasteiger partial charge in [0.1, 0.15) is 12.1 Å². The van der Waals surface area contributed by atoms with Crippen LogP contribution in [0.4, 0.5) is 5.82 Å². The van der Waals surface area contributed by atoms with Gasteiger partial charge in [0.25, 0.3) is 5.78 Å². The van der Waals surface area contributed by atoms with Gasteiger partial charge in [0, 0.05) is 23.3 Å². The van der Waals surface area contributed by atoms with Crippen LogP contribution >= 0.6 is 0 Å². The van der Waals surface area contributed by atoms with E-state index in [2.05, 4.69) is 47.7 Å². The number of rotatable bonds is 2. The fraction of sp³-hybridized carbons (Fsp3) is 0.615. The average molecular weight is 245 g/mol. The fourth-order valence-electron chi connectivity index (χ4n) is 2.65. The molecule has 0 saturated heterocycles. The molecule has 5 nitrogen and oxygen atoms in total. The summed E-state index contributed by atoms with van der Waals surface area (Å²) in [5, 5.41) is 4.33. The van der Waals surface area contributed by atoms with Gasteiger partial charge in [-0.25, -0.2) is 4.98 Å². The van der Waals surface area contributed by atoms with Crippen molar-refractivity contribution in [3.63, 3.8) is 0 Å². The maximum Gasteiger partial charge on any atom is 0.254 e. The third-order valence-corrected chi connectivity index (χ3v) is 4.14. The molecule has 0 aromatic carbocycles. The van der Waals surface area contributed by atoms with Crippen LogP contribution in [0, 0.1) is 6.92 Å². The monoisotopic (exact) mass is 245 g/mol. The van der Waals surface area contributed by atoms with Gasteiger partial charge in [0.2, 0.25) is 0 Å². The lowest BCUT2D eigenvalue weighted by atomic mass is 10.00. The molecule has 5 heteroatoms. The number of hydrogen-bond acceptors (Lipinski definition) is 4. The van der Waals surface area contributed by atoms with E-state index in [0.29, 0.717) is 5.78 Å². The van der Waals surface area contributed by atoms with Crippen LogP contribution in [0.15, 0.2) is 6.33 Å². The van der Waals surface area contributed by atoms with Gasteiger partial charge in [0.15, 0.2) is 0 Å². The molecule has 1 aliphatic rings. The third-order valence-electron chi connectivity index (χ3n) is 4.14. The van der Waals surface area contributed by atoms with E-state index in [-0.39, 0.29) is 5.54 Å². The molecule has 0 bridgehead atoms. The fourth-order valence-corrected chi connectivity index (χ4v) is 2.65. The van der Waals surface area contributed by atoms with E-state index in [0.717, 1.165) is 25.1 Å². The number of nitrogens with zero attached hydrogens (tertiary/aromatic N) is 5. The van der Waals surface area contributed by atoms with Crippen molar-refractivity contribution in [2.24, 2.45) is 0 Å². The first-order chi connectivity index (χ1) is 8.54. The maximum absolute atomic E-state index is 4.51. The normalized spacial score (nSPS) is 15.4. The van der Waals surface area contributed by atoms with Gasteiger partial charge in [-0.05, 0) is 33.6 Å². The van der Waals surface area contributed by atoms with Gasteiger partial charge in [-0.15, -0.1) is 0 Å². The average Bonchev–Trinajstić information content (AvgIpc) is 2.93. The maximum atomic E-state index is 4.51. The Morgan fingerprint density at radius 3 is 2.89 bits per heavy atom. The largest absolute Gasteiger partial charge is 0.351 e. The van der Waals surface area contributed by atoms with Gasteiger partial charge >= 0.3 is 0 Å². The van der Waals surface area contributed by atoms with E-state index in [1.807, 2.05) is 4.52 Å². The first kappa shape index (κ1) is 11.4. The highest BCUT2D eigenvalue weighted by molar-refractivity contribution is 5.59. The number of anilines is 1. The summed E-state index contributed by atoms with van der Waals surface area (Å²) in [6.45, 7) is 9.89. The topological polar surface area (TPSA) is 46.3 Å². The Labute approximate surface area is 107 Å². The summed E-state index contributed by atoms with van der Waals surface area (Å²) in [4.78, 5) is 11.2. The van der Waals surface area contributed by atoms with Crippen molar-refractivity contribution in [2.45, 2.75) is 46.1 Å². The molecule has 0 radical (unpaired) electrons. The van der Waals surface area contributed by atoms with Crippen LogP contribution in [-0.2, 0) is 6.42 Å². The quantitative estimate of drug-likeness (QED) is 0.811. The smallest absolute Gasteiger partial charge is 0.254 e. The SMILES string of the molecule is CCC(C)(C)N1CCc2c(C)nc3ncnn3c21. The first-order valence-corrected chi connectivity index (χ1v) is 6.51. The van der Waals surface area contributed by atoms with E-state index in [1.54, 1.807) is 6.33 Å². The molecule has 3 heterocycles. The summed E-state index contributed by atoms with van der Waals surface area (Å²) in [5.41, 5.74) is 2.53. The number of aromatic nitrogens is 4. The highest BCUT2D eigenvalue weighted by Crippen LogP contribution is 2.35. The molecule has 2 aromatic rings. The Hall–Kier alpha value is -1.65. The van der Waals surface area contributed by atoms with Crippen LogP contribution in [-0.4, -0.2) is 31.7 Å². The van der Waals surface area contributed by atoms with Crippen LogP contribution in [0.3, 0.4) is 0 Å². The molecule has 2 aromatic heterocycles. The molecule has 0 atom stereocenters. The van der Waals surface area contributed by atoms with Gasteiger partial charge in [-0.3, -0.25) is 0 Å². The van der Waals surface area contributed by atoms with Crippen molar-refractivity contribution in [1.82, 2.24) is 19.6 Å². The highest BCUT2D eigenvalue weighted by atomic mass is 15.4. The van der Waals surface area contributed by atoms with E-state index in [1.165, 1.54) is 11.4 Å². The third kappa shape index (κ3) is 1.43. The van der Waals surface area contributed by atoms with Crippen molar-refractivity contribution in [3.05, 3.63) is 17.6 Å². The molecule has 0 spiro atoms. The lowest BCUT2D eigenvalue weighted by molar-refractivity contribution is 0.450. The van der Waals surface area contributed by atoms with Crippen LogP contribution < -0.4 is 4.90 Å². The standard InChI is InChI=1S/C13H19N5/c1-5-13(3,4)17-7-6-10-9(2)16-12-14-8-15-18(12)11(10)17/h8H,5-7H2,1-4H3.